The van der Waals surface area contributed by atoms with Gasteiger partial charge in [-0.15, -0.1) is 0 Å². The number of hydrogen-bond acceptors (Lipinski definition) is 2. The second-order valence-corrected chi connectivity index (χ2v) is 6.21. The number of amides is 1. The number of halogens is 1. The van der Waals surface area contributed by atoms with Crippen LogP contribution in [0.5, 0.6) is 0 Å². The van der Waals surface area contributed by atoms with E-state index in [9.17, 15) is 4.79 Å². The zero-order valence-electron chi connectivity index (χ0n) is 11.4. The summed E-state index contributed by atoms with van der Waals surface area (Å²) in [5, 5.41) is 3.02. The maximum Gasteiger partial charge on any atom is 0.230 e. The molecule has 0 unspecified atom stereocenters. The second-order valence-electron chi connectivity index (χ2n) is 5.29. The van der Waals surface area contributed by atoms with Crippen molar-refractivity contribution in [3.8, 4) is 0 Å². The van der Waals surface area contributed by atoms with Crippen LogP contribution in [0.3, 0.4) is 0 Å². The van der Waals surface area contributed by atoms with E-state index in [0.717, 1.165) is 21.3 Å². The van der Waals surface area contributed by atoms with Crippen molar-refractivity contribution in [3.63, 3.8) is 0 Å². The average Bonchev–Trinajstić information content (AvgIpc) is 2.22. The third-order valence-electron chi connectivity index (χ3n) is 3.12. The molecule has 1 aromatic rings. The Kier molecular flexibility index (Phi) is 4.93. The van der Waals surface area contributed by atoms with Gasteiger partial charge in [-0.2, -0.15) is 0 Å². The van der Waals surface area contributed by atoms with Crippen LogP contribution in [0, 0.1) is 19.3 Å². The lowest BCUT2D eigenvalue weighted by Gasteiger charge is -2.24. The number of rotatable bonds is 4. The molecule has 1 aromatic carbocycles. The molecule has 0 radical (unpaired) electrons. The Hall–Kier alpha value is -0.870. The van der Waals surface area contributed by atoms with Gasteiger partial charge < -0.3 is 11.1 Å². The molecule has 0 aliphatic rings. The van der Waals surface area contributed by atoms with Gasteiger partial charge in [-0.1, -0.05) is 29.8 Å². The van der Waals surface area contributed by atoms with E-state index in [-0.39, 0.29) is 5.91 Å². The highest BCUT2D eigenvalue weighted by Crippen LogP contribution is 2.28. The molecule has 1 amide bonds. The zero-order valence-corrected chi connectivity index (χ0v) is 13.0. The highest BCUT2D eigenvalue weighted by Gasteiger charge is 2.27. The van der Waals surface area contributed by atoms with Gasteiger partial charge in [-0.05, 0) is 50.1 Å². The largest absolute Gasteiger partial charge is 0.330 e. The summed E-state index contributed by atoms with van der Waals surface area (Å²) in [6, 6.07) is 4.00. The van der Waals surface area contributed by atoms with E-state index in [1.807, 2.05) is 39.8 Å². The summed E-state index contributed by atoms with van der Waals surface area (Å²) in [6.45, 7) is 8.32. The van der Waals surface area contributed by atoms with Gasteiger partial charge in [0.15, 0.2) is 0 Å². The molecule has 0 aliphatic heterocycles. The van der Waals surface area contributed by atoms with Crippen LogP contribution in [0.1, 0.15) is 31.4 Å². The summed E-state index contributed by atoms with van der Waals surface area (Å²) in [5.74, 6) is 0.0153. The smallest absolute Gasteiger partial charge is 0.230 e. The number of nitrogens with one attached hydrogen (secondary N) is 1. The Morgan fingerprint density at radius 3 is 2.28 bits per heavy atom. The van der Waals surface area contributed by atoms with E-state index in [4.69, 9.17) is 5.73 Å². The molecule has 1 rings (SSSR count). The van der Waals surface area contributed by atoms with E-state index in [1.54, 1.807) is 0 Å². The molecule has 3 nitrogen and oxygen atoms in total. The molecule has 0 bridgehead atoms. The lowest BCUT2D eigenvalue weighted by Crippen LogP contribution is -2.33. The van der Waals surface area contributed by atoms with Crippen LogP contribution in [0.2, 0.25) is 0 Å². The van der Waals surface area contributed by atoms with Crippen molar-refractivity contribution in [2.45, 2.75) is 34.1 Å². The Morgan fingerprint density at radius 1 is 1.33 bits per heavy atom. The van der Waals surface area contributed by atoms with Gasteiger partial charge in [0.1, 0.15) is 0 Å². The number of anilines is 1. The summed E-state index contributed by atoms with van der Waals surface area (Å²) < 4.78 is 1.02. The predicted molar refractivity (Wildman–Crippen MR) is 79.7 cm³/mol. The monoisotopic (exact) mass is 312 g/mol. The minimum atomic E-state index is -0.444. The van der Waals surface area contributed by atoms with Crippen molar-refractivity contribution in [2.75, 3.05) is 11.9 Å². The Bertz CT molecular complexity index is 432. The summed E-state index contributed by atoms with van der Waals surface area (Å²) >= 11 is 3.45. The summed E-state index contributed by atoms with van der Waals surface area (Å²) in [5.41, 5.74) is 8.10. The first-order valence-corrected chi connectivity index (χ1v) is 6.85. The molecule has 4 heteroatoms. The van der Waals surface area contributed by atoms with Gasteiger partial charge in [0.2, 0.25) is 5.91 Å². The molecule has 0 fully saturated rings. The third-order valence-corrected chi connectivity index (χ3v) is 3.58. The predicted octanol–water partition coefficient (Wildman–Crippen LogP) is 3.38. The number of benzene rings is 1. The van der Waals surface area contributed by atoms with E-state index < -0.39 is 5.41 Å². The van der Waals surface area contributed by atoms with Crippen LogP contribution >= 0.6 is 15.9 Å². The van der Waals surface area contributed by atoms with Crippen LogP contribution in [0.4, 0.5) is 5.69 Å². The quantitative estimate of drug-likeness (QED) is 0.895. The van der Waals surface area contributed by atoms with Gasteiger partial charge in [0, 0.05) is 15.6 Å². The highest BCUT2D eigenvalue weighted by atomic mass is 79.9. The molecule has 0 aromatic heterocycles. The third kappa shape index (κ3) is 3.56. The van der Waals surface area contributed by atoms with Crippen molar-refractivity contribution in [1.29, 1.82) is 0 Å². The van der Waals surface area contributed by atoms with Crippen molar-refractivity contribution < 1.29 is 4.79 Å². The molecular formula is C14H21BrN2O. The number of carbonyl (C=O) groups excluding carboxylic acids is 1. The van der Waals surface area contributed by atoms with E-state index in [2.05, 4.69) is 21.2 Å². The van der Waals surface area contributed by atoms with Crippen LogP contribution in [-0.2, 0) is 4.79 Å². The molecule has 0 heterocycles. The average molecular weight is 313 g/mol. The highest BCUT2D eigenvalue weighted by molar-refractivity contribution is 9.10. The van der Waals surface area contributed by atoms with Gasteiger partial charge in [0.25, 0.3) is 0 Å². The number of carbonyl (C=O) groups is 1. The Balaban J connectivity index is 2.95. The van der Waals surface area contributed by atoms with Crippen molar-refractivity contribution >= 4 is 27.5 Å². The van der Waals surface area contributed by atoms with Crippen LogP contribution in [0.25, 0.3) is 0 Å². The fraction of sp³-hybridized carbons (Fsp3) is 0.500. The van der Waals surface area contributed by atoms with E-state index >= 15 is 0 Å². The minimum Gasteiger partial charge on any atom is -0.330 e. The molecular weight excluding hydrogens is 292 g/mol. The number of hydrogen-bond donors (Lipinski definition) is 2. The van der Waals surface area contributed by atoms with Crippen molar-refractivity contribution in [2.24, 2.45) is 11.1 Å². The van der Waals surface area contributed by atoms with Crippen LogP contribution in [-0.4, -0.2) is 12.5 Å². The van der Waals surface area contributed by atoms with Crippen LogP contribution in [0.15, 0.2) is 16.6 Å². The van der Waals surface area contributed by atoms with E-state index in [1.165, 1.54) is 0 Å². The molecule has 0 atom stereocenters. The molecule has 3 N–H and O–H groups in total. The van der Waals surface area contributed by atoms with Crippen molar-refractivity contribution in [1.82, 2.24) is 0 Å². The minimum absolute atomic E-state index is 0.0153. The number of nitrogens with two attached hydrogens (primary N) is 1. The zero-order chi connectivity index (χ0) is 13.9. The topological polar surface area (TPSA) is 55.1 Å². The Morgan fingerprint density at radius 2 is 1.83 bits per heavy atom. The number of aryl methyl sites for hydroxylation is 2. The first-order valence-electron chi connectivity index (χ1n) is 6.06. The summed E-state index contributed by atoms with van der Waals surface area (Å²) in [7, 11) is 0. The Labute approximate surface area is 117 Å². The lowest BCUT2D eigenvalue weighted by atomic mass is 9.88. The fourth-order valence-electron chi connectivity index (χ4n) is 1.86. The van der Waals surface area contributed by atoms with Gasteiger partial charge in [-0.25, -0.2) is 0 Å². The first kappa shape index (κ1) is 15.2. The standard InChI is InChI=1S/C14H21BrN2O/c1-9-7-11(15)8-10(2)12(9)17-13(18)14(3,4)5-6-16/h7-8H,5-6,16H2,1-4H3,(H,17,18). The second kappa shape index (κ2) is 5.85. The van der Waals surface area contributed by atoms with Crippen LogP contribution < -0.4 is 11.1 Å². The normalized spacial score (nSPS) is 11.4. The van der Waals surface area contributed by atoms with Gasteiger partial charge >= 0.3 is 0 Å². The maximum atomic E-state index is 12.2. The van der Waals surface area contributed by atoms with Gasteiger partial charge in [-0.3, -0.25) is 4.79 Å². The lowest BCUT2D eigenvalue weighted by molar-refractivity contribution is -0.124. The first-order chi connectivity index (χ1) is 8.27. The molecule has 0 saturated heterocycles. The molecule has 0 aliphatic carbocycles. The SMILES string of the molecule is Cc1cc(Br)cc(C)c1NC(=O)C(C)(C)CCN. The summed E-state index contributed by atoms with van der Waals surface area (Å²) in [6.07, 6.45) is 0.674. The molecule has 0 spiro atoms. The van der Waals surface area contributed by atoms with Gasteiger partial charge in [0.05, 0.1) is 0 Å². The molecule has 18 heavy (non-hydrogen) atoms. The van der Waals surface area contributed by atoms with E-state index in [0.29, 0.717) is 13.0 Å². The molecule has 100 valence electrons. The maximum absolute atomic E-state index is 12.2. The van der Waals surface area contributed by atoms with Crippen molar-refractivity contribution in [3.05, 3.63) is 27.7 Å². The molecule has 0 saturated carbocycles. The summed E-state index contributed by atoms with van der Waals surface area (Å²) in [4.78, 5) is 12.2. The fourth-order valence-corrected chi connectivity index (χ4v) is 2.55.